The molecule has 0 radical (unpaired) electrons. The van der Waals surface area contributed by atoms with Crippen molar-refractivity contribution in [2.45, 2.75) is 39.2 Å². The molecule has 1 aliphatic rings. The van der Waals surface area contributed by atoms with Crippen LogP contribution in [0.25, 0.3) is 0 Å². The molecule has 0 saturated carbocycles. The minimum Gasteiger partial charge on any atom is -0.398 e. The quantitative estimate of drug-likeness (QED) is 0.861. The van der Waals surface area contributed by atoms with E-state index < -0.39 is 0 Å². The minimum absolute atomic E-state index is 0.795. The van der Waals surface area contributed by atoms with Crippen molar-refractivity contribution in [2.75, 3.05) is 5.73 Å². The van der Waals surface area contributed by atoms with Crippen LogP contribution in [0.5, 0.6) is 0 Å². The summed E-state index contributed by atoms with van der Waals surface area (Å²) in [6.45, 7) is 2.96. The monoisotopic (exact) mass is 319 g/mol. The fourth-order valence-electron chi connectivity index (χ4n) is 2.82. The lowest BCUT2D eigenvalue weighted by Crippen LogP contribution is -2.10. The molecule has 100 valence electrons. The number of nitrogens with two attached hydrogens (primary N) is 1. The van der Waals surface area contributed by atoms with E-state index in [1.807, 2.05) is 12.1 Å². The van der Waals surface area contributed by atoms with E-state index in [0.29, 0.717) is 0 Å². The molecule has 3 nitrogen and oxygen atoms in total. The summed E-state index contributed by atoms with van der Waals surface area (Å²) in [6, 6.07) is 6.18. The van der Waals surface area contributed by atoms with Gasteiger partial charge in [0.05, 0.1) is 5.69 Å². The van der Waals surface area contributed by atoms with Gasteiger partial charge in [-0.1, -0.05) is 6.07 Å². The number of hydrogen-bond donors (Lipinski definition) is 1. The van der Waals surface area contributed by atoms with E-state index in [9.17, 15) is 0 Å². The van der Waals surface area contributed by atoms with Gasteiger partial charge < -0.3 is 10.3 Å². The molecule has 3 rings (SSSR count). The molecule has 19 heavy (non-hydrogen) atoms. The number of imidazole rings is 1. The van der Waals surface area contributed by atoms with Gasteiger partial charge >= 0.3 is 0 Å². The van der Waals surface area contributed by atoms with Crippen LogP contribution in [0.15, 0.2) is 22.7 Å². The maximum Gasteiger partial charge on any atom is 0.106 e. The second kappa shape index (κ2) is 5.00. The highest BCUT2D eigenvalue weighted by Gasteiger charge is 2.18. The van der Waals surface area contributed by atoms with Gasteiger partial charge in [0.1, 0.15) is 5.82 Å². The highest BCUT2D eigenvalue weighted by atomic mass is 79.9. The van der Waals surface area contributed by atoms with Crippen molar-refractivity contribution in [3.8, 4) is 0 Å². The summed E-state index contributed by atoms with van der Waals surface area (Å²) in [6.07, 6.45) is 4.84. The van der Waals surface area contributed by atoms with Crippen molar-refractivity contribution >= 4 is 21.6 Å². The van der Waals surface area contributed by atoms with Crippen molar-refractivity contribution in [3.05, 3.63) is 45.4 Å². The van der Waals surface area contributed by atoms with Crippen molar-refractivity contribution in [1.29, 1.82) is 0 Å². The third-order valence-corrected chi connectivity index (χ3v) is 4.55. The number of nitrogen functional groups attached to an aromatic ring is 1. The van der Waals surface area contributed by atoms with Crippen molar-refractivity contribution < 1.29 is 0 Å². The van der Waals surface area contributed by atoms with E-state index in [1.54, 1.807) is 0 Å². The number of halogens is 1. The van der Waals surface area contributed by atoms with Gasteiger partial charge in [0.2, 0.25) is 0 Å². The predicted octanol–water partition coefficient (Wildman–Crippen LogP) is 3.46. The van der Waals surface area contributed by atoms with Crippen LogP contribution in [-0.4, -0.2) is 9.55 Å². The summed E-state index contributed by atoms with van der Waals surface area (Å²) in [4.78, 5) is 4.71. The number of hydrogen-bond acceptors (Lipinski definition) is 2. The average Bonchev–Trinajstić information content (AvgIpc) is 2.71. The number of fused-ring (bicyclic) bond motifs is 1. The van der Waals surface area contributed by atoms with Crippen LogP contribution in [0, 0.1) is 6.92 Å². The van der Waals surface area contributed by atoms with Gasteiger partial charge in [0.25, 0.3) is 0 Å². The van der Waals surface area contributed by atoms with Crippen LogP contribution in [-0.2, 0) is 19.4 Å². The molecule has 1 heterocycles. The Kier molecular flexibility index (Phi) is 3.35. The first-order chi connectivity index (χ1) is 9.15. The lowest BCUT2D eigenvalue weighted by atomic mass is 10.0. The summed E-state index contributed by atoms with van der Waals surface area (Å²) in [7, 11) is 0. The first kappa shape index (κ1) is 12.7. The van der Waals surface area contributed by atoms with Crippen molar-refractivity contribution in [3.63, 3.8) is 0 Å². The number of aromatic nitrogens is 2. The normalized spacial score (nSPS) is 14.4. The zero-order valence-electron chi connectivity index (χ0n) is 11.1. The number of aryl methyl sites for hydroxylation is 2. The van der Waals surface area contributed by atoms with Crippen LogP contribution in [0.3, 0.4) is 0 Å². The topological polar surface area (TPSA) is 43.8 Å². The zero-order chi connectivity index (χ0) is 13.4. The molecule has 1 aliphatic carbocycles. The molecule has 0 spiro atoms. The molecule has 0 saturated heterocycles. The second-order valence-corrected chi connectivity index (χ2v) is 6.06. The number of nitrogens with zero attached hydrogens (tertiary/aromatic N) is 2. The maximum atomic E-state index is 5.95. The van der Waals surface area contributed by atoms with Gasteiger partial charge in [0.15, 0.2) is 0 Å². The summed E-state index contributed by atoms with van der Waals surface area (Å²) < 4.78 is 3.30. The molecule has 4 heteroatoms. The SMILES string of the molecule is Cc1nc2c(n1Cc1ccc(Br)c(N)c1)CCCC2. The average molecular weight is 320 g/mol. The molecule has 1 aromatic heterocycles. The number of rotatable bonds is 2. The van der Waals surface area contributed by atoms with Crippen LogP contribution in [0.4, 0.5) is 5.69 Å². The van der Waals surface area contributed by atoms with E-state index >= 15 is 0 Å². The largest absolute Gasteiger partial charge is 0.398 e. The fraction of sp³-hybridized carbons (Fsp3) is 0.400. The molecule has 0 aliphatic heterocycles. The van der Waals surface area contributed by atoms with E-state index in [1.165, 1.54) is 29.8 Å². The Morgan fingerprint density at radius 2 is 2.11 bits per heavy atom. The van der Waals surface area contributed by atoms with Crippen LogP contribution < -0.4 is 5.73 Å². The molecular weight excluding hydrogens is 302 g/mol. The second-order valence-electron chi connectivity index (χ2n) is 5.20. The van der Waals surface area contributed by atoms with E-state index in [2.05, 4.69) is 33.5 Å². The third-order valence-electron chi connectivity index (χ3n) is 3.82. The highest BCUT2D eigenvalue weighted by molar-refractivity contribution is 9.10. The highest BCUT2D eigenvalue weighted by Crippen LogP contribution is 2.25. The molecular formula is C15H18BrN3. The summed E-state index contributed by atoms with van der Waals surface area (Å²) in [5.41, 5.74) is 10.7. The molecule has 2 aromatic rings. The zero-order valence-corrected chi connectivity index (χ0v) is 12.7. The van der Waals surface area contributed by atoms with Crippen LogP contribution in [0.1, 0.15) is 35.6 Å². The first-order valence-corrected chi connectivity index (χ1v) is 7.53. The molecule has 0 amide bonds. The summed E-state index contributed by atoms with van der Waals surface area (Å²) >= 11 is 3.44. The van der Waals surface area contributed by atoms with E-state index in [4.69, 9.17) is 10.7 Å². The summed E-state index contributed by atoms with van der Waals surface area (Å²) in [5, 5.41) is 0. The molecule has 0 atom stereocenters. The maximum absolute atomic E-state index is 5.95. The summed E-state index contributed by atoms with van der Waals surface area (Å²) in [5.74, 6) is 1.12. The smallest absolute Gasteiger partial charge is 0.106 e. The first-order valence-electron chi connectivity index (χ1n) is 6.74. The standard InChI is InChI=1S/C15H18BrN3/c1-10-18-14-4-2-3-5-15(14)19(10)9-11-6-7-12(16)13(17)8-11/h6-8H,2-5,9,17H2,1H3. The third kappa shape index (κ3) is 2.41. The Balaban J connectivity index is 1.94. The van der Waals surface area contributed by atoms with Crippen LogP contribution in [0.2, 0.25) is 0 Å². The van der Waals surface area contributed by atoms with Crippen molar-refractivity contribution in [2.24, 2.45) is 0 Å². The number of benzene rings is 1. The van der Waals surface area contributed by atoms with Crippen molar-refractivity contribution in [1.82, 2.24) is 9.55 Å². The predicted molar refractivity (Wildman–Crippen MR) is 81.3 cm³/mol. The fourth-order valence-corrected chi connectivity index (χ4v) is 3.07. The lowest BCUT2D eigenvalue weighted by molar-refractivity contribution is 0.624. The molecule has 2 N–H and O–H groups in total. The molecule has 0 fully saturated rings. The molecule has 0 unspecified atom stereocenters. The Morgan fingerprint density at radius 3 is 2.89 bits per heavy atom. The Hall–Kier alpha value is -1.29. The van der Waals surface area contributed by atoms with Gasteiger partial charge in [-0.15, -0.1) is 0 Å². The van der Waals surface area contributed by atoms with Gasteiger partial charge in [0, 0.05) is 22.4 Å². The van der Waals surface area contributed by atoms with Gasteiger partial charge in [-0.05, 0) is 66.2 Å². The Morgan fingerprint density at radius 1 is 1.32 bits per heavy atom. The van der Waals surface area contributed by atoms with Crippen LogP contribution >= 0.6 is 15.9 Å². The number of anilines is 1. The van der Waals surface area contributed by atoms with Gasteiger partial charge in [-0.25, -0.2) is 4.98 Å². The van der Waals surface area contributed by atoms with E-state index in [0.717, 1.165) is 35.4 Å². The minimum atomic E-state index is 0.795. The van der Waals surface area contributed by atoms with Gasteiger partial charge in [-0.2, -0.15) is 0 Å². The lowest BCUT2D eigenvalue weighted by Gasteiger charge is -2.15. The van der Waals surface area contributed by atoms with E-state index in [-0.39, 0.29) is 0 Å². The Bertz CT molecular complexity index is 616. The van der Waals surface area contributed by atoms with Gasteiger partial charge in [-0.3, -0.25) is 0 Å². The molecule has 1 aromatic carbocycles. The molecule has 0 bridgehead atoms. The Labute approximate surface area is 122 Å².